The zero-order chi connectivity index (χ0) is 16.0. The van der Waals surface area contributed by atoms with Crippen LogP contribution >= 0.6 is 0 Å². The highest BCUT2D eigenvalue weighted by Crippen LogP contribution is 2.11. The zero-order valence-corrected chi connectivity index (χ0v) is 13.5. The lowest BCUT2D eigenvalue weighted by molar-refractivity contribution is -0.118. The van der Waals surface area contributed by atoms with E-state index in [1.54, 1.807) is 0 Å². The van der Waals surface area contributed by atoms with Crippen LogP contribution < -0.4 is 16.4 Å². The molecule has 0 saturated carbocycles. The first-order valence-corrected chi connectivity index (χ1v) is 7.15. The predicted molar refractivity (Wildman–Crippen MR) is 88.1 cm³/mol. The first-order chi connectivity index (χ1) is 9.67. The summed E-state index contributed by atoms with van der Waals surface area (Å²) in [6, 6.07) is 7.62. The molecule has 1 aromatic rings. The molecule has 0 aliphatic heterocycles. The third kappa shape index (κ3) is 6.79. The van der Waals surface area contributed by atoms with E-state index >= 15 is 0 Å². The highest BCUT2D eigenvalue weighted by atomic mass is 16.1. The number of guanidine groups is 1. The molecule has 4 N–H and O–H groups in total. The number of carbonyl (C=O) groups is 1. The summed E-state index contributed by atoms with van der Waals surface area (Å²) in [4.78, 5) is 15.9. The lowest BCUT2D eigenvalue weighted by Crippen LogP contribution is -2.44. The van der Waals surface area contributed by atoms with E-state index in [1.807, 2.05) is 58.9 Å². The van der Waals surface area contributed by atoms with E-state index in [0.717, 1.165) is 11.3 Å². The van der Waals surface area contributed by atoms with Gasteiger partial charge < -0.3 is 16.4 Å². The number of nitrogens with one attached hydrogen (secondary N) is 2. The van der Waals surface area contributed by atoms with E-state index in [9.17, 15) is 4.79 Å². The minimum atomic E-state index is -0.0986. The summed E-state index contributed by atoms with van der Waals surface area (Å²) >= 11 is 0. The van der Waals surface area contributed by atoms with Gasteiger partial charge in [-0.2, -0.15) is 0 Å². The van der Waals surface area contributed by atoms with Crippen LogP contribution in [0.1, 0.15) is 40.2 Å². The Labute approximate surface area is 127 Å². The van der Waals surface area contributed by atoms with Crippen molar-refractivity contribution < 1.29 is 4.79 Å². The standard InChI is InChI=1S/C16H26N4O/c1-11(2)14(21)19-13-8-6-12(7-9-13)10-18-15(17)20-16(3,4)5/h6-9,11H,10H2,1-5H3,(H,19,21)(H3,17,18,20). The van der Waals surface area contributed by atoms with Gasteiger partial charge in [-0.15, -0.1) is 0 Å². The summed E-state index contributed by atoms with van der Waals surface area (Å²) in [5.74, 6) is 0.414. The fourth-order valence-corrected chi connectivity index (χ4v) is 1.58. The number of hydrogen-bond donors (Lipinski definition) is 3. The fraction of sp³-hybridized carbons (Fsp3) is 0.500. The monoisotopic (exact) mass is 290 g/mol. The Morgan fingerprint density at radius 1 is 1.24 bits per heavy atom. The largest absolute Gasteiger partial charge is 0.370 e. The molecule has 0 bridgehead atoms. The van der Waals surface area contributed by atoms with Gasteiger partial charge in [0.1, 0.15) is 0 Å². The van der Waals surface area contributed by atoms with Crippen molar-refractivity contribution in [3.8, 4) is 0 Å². The van der Waals surface area contributed by atoms with Crippen molar-refractivity contribution in [2.24, 2.45) is 16.6 Å². The second-order valence-electron chi connectivity index (χ2n) is 6.42. The maximum atomic E-state index is 11.6. The number of amides is 1. The van der Waals surface area contributed by atoms with Crippen molar-refractivity contribution in [3.63, 3.8) is 0 Å². The molecule has 0 saturated heterocycles. The van der Waals surface area contributed by atoms with Crippen molar-refractivity contribution in [1.82, 2.24) is 5.32 Å². The lowest BCUT2D eigenvalue weighted by Gasteiger charge is -2.21. The number of nitrogens with two attached hydrogens (primary N) is 1. The van der Waals surface area contributed by atoms with Crippen molar-refractivity contribution in [2.45, 2.75) is 46.7 Å². The van der Waals surface area contributed by atoms with Crippen LogP contribution in [0.25, 0.3) is 0 Å². The van der Waals surface area contributed by atoms with Gasteiger partial charge in [0.05, 0.1) is 6.54 Å². The van der Waals surface area contributed by atoms with Gasteiger partial charge in [-0.25, -0.2) is 4.99 Å². The molecule has 0 heterocycles. The molecule has 0 aliphatic rings. The summed E-state index contributed by atoms with van der Waals surface area (Å²) in [6.07, 6.45) is 0. The number of anilines is 1. The summed E-state index contributed by atoms with van der Waals surface area (Å²) in [7, 11) is 0. The van der Waals surface area contributed by atoms with Crippen molar-refractivity contribution >= 4 is 17.6 Å². The van der Waals surface area contributed by atoms with Crippen LogP contribution in [-0.4, -0.2) is 17.4 Å². The molecule has 0 aromatic heterocycles. The number of benzene rings is 1. The van der Waals surface area contributed by atoms with Gasteiger partial charge in [0.2, 0.25) is 5.91 Å². The fourth-order valence-electron chi connectivity index (χ4n) is 1.58. The van der Waals surface area contributed by atoms with Crippen LogP contribution in [0.2, 0.25) is 0 Å². The molecule has 0 unspecified atom stereocenters. The number of rotatable bonds is 4. The Balaban J connectivity index is 2.59. The molecule has 1 amide bonds. The molecular formula is C16H26N4O. The molecular weight excluding hydrogens is 264 g/mol. The number of aliphatic imine (C=N–C) groups is 1. The van der Waals surface area contributed by atoms with E-state index in [2.05, 4.69) is 15.6 Å². The van der Waals surface area contributed by atoms with Crippen molar-refractivity contribution in [3.05, 3.63) is 29.8 Å². The number of nitrogens with zero attached hydrogens (tertiary/aromatic N) is 1. The Hall–Kier alpha value is -2.04. The van der Waals surface area contributed by atoms with Crippen LogP contribution in [0.15, 0.2) is 29.3 Å². The van der Waals surface area contributed by atoms with Crippen LogP contribution in [0, 0.1) is 5.92 Å². The van der Waals surface area contributed by atoms with Gasteiger partial charge in [0.25, 0.3) is 0 Å². The van der Waals surface area contributed by atoms with Gasteiger partial charge in [-0.3, -0.25) is 4.79 Å². The smallest absolute Gasteiger partial charge is 0.226 e. The summed E-state index contributed by atoms with van der Waals surface area (Å²) in [5.41, 5.74) is 7.55. The predicted octanol–water partition coefficient (Wildman–Crippen LogP) is 2.48. The maximum Gasteiger partial charge on any atom is 0.226 e. The number of carbonyl (C=O) groups excluding carboxylic acids is 1. The minimum absolute atomic E-state index is 0.0133. The lowest BCUT2D eigenvalue weighted by atomic mass is 10.1. The van der Waals surface area contributed by atoms with E-state index in [0.29, 0.717) is 12.5 Å². The second-order valence-corrected chi connectivity index (χ2v) is 6.42. The third-order valence-electron chi connectivity index (χ3n) is 2.68. The Bertz CT molecular complexity index is 498. The molecule has 21 heavy (non-hydrogen) atoms. The Morgan fingerprint density at radius 3 is 2.29 bits per heavy atom. The first kappa shape index (κ1) is 17.0. The summed E-state index contributed by atoms with van der Waals surface area (Å²) < 4.78 is 0. The molecule has 5 heteroatoms. The van der Waals surface area contributed by atoms with Crippen LogP contribution in [-0.2, 0) is 11.3 Å². The third-order valence-corrected chi connectivity index (χ3v) is 2.68. The van der Waals surface area contributed by atoms with Crippen LogP contribution in [0.5, 0.6) is 0 Å². The van der Waals surface area contributed by atoms with E-state index in [4.69, 9.17) is 5.73 Å². The zero-order valence-electron chi connectivity index (χ0n) is 13.5. The van der Waals surface area contributed by atoms with Crippen molar-refractivity contribution in [1.29, 1.82) is 0 Å². The second kappa shape index (κ2) is 7.11. The molecule has 116 valence electrons. The molecule has 0 aliphatic carbocycles. The summed E-state index contributed by atoms with van der Waals surface area (Å²) in [6.45, 7) is 10.3. The average molecular weight is 290 g/mol. The molecule has 0 fully saturated rings. The van der Waals surface area contributed by atoms with E-state index in [1.165, 1.54) is 0 Å². The number of hydrogen-bond acceptors (Lipinski definition) is 2. The Morgan fingerprint density at radius 2 is 1.81 bits per heavy atom. The van der Waals surface area contributed by atoms with Crippen LogP contribution in [0.4, 0.5) is 5.69 Å². The van der Waals surface area contributed by atoms with Gasteiger partial charge >= 0.3 is 0 Å². The molecule has 1 aromatic carbocycles. The van der Waals surface area contributed by atoms with Gasteiger partial charge in [0, 0.05) is 17.1 Å². The van der Waals surface area contributed by atoms with E-state index < -0.39 is 0 Å². The minimum Gasteiger partial charge on any atom is -0.370 e. The highest BCUT2D eigenvalue weighted by Gasteiger charge is 2.09. The average Bonchev–Trinajstić information content (AvgIpc) is 2.35. The first-order valence-electron chi connectivity index (χ1n) is 7.15. The molecule has 0 atom stereocenters. The SMILES string of the molecule is CC(C)C(=O)Nc1ccc(CN=C(N)NC(C)(C)C)cc1. The molecule has 0 spiro atoms. The topological polar surface area (TPSA) is 79.5 Å². The van der Waals surface area contributed by atoms with Crippen molar-refractivity contribution in [2.75, 3.05) is 5.32 Å². The van der Waals surface area contributed by atoms with Gasteiger partial charge in [-0.1, -0.05) is 26.0 Å². The molecule has 1 rings (SSSR count). The van der Waals surface area contributed by atoms with Gasteiger partial charge in [-0.05, 0) is 38.5 Å². The Kier molecular flexibility index (Phi) is 5.76. The molecule has 0 radical (unpaired) electrons. The maximum absolute atomic E-state index is 11.6. The van der Waals surface area contributed by atoms with Gasteiger partial charge in [0.15, 0.2) is 5.96 Å². The van der Waals surface area contributed by atoms with E-state index in [-0.39, 0.29) is 17.4 Å². The highest BCUT2D eigenvalue weighted by molar-refractivity contribution is 5.92. The van der Waals surface area contributed by atoms with Crippen LogP contribution in [0.3, 0.4) is 0 Å². The molecule has 5 nitrogen and oxygen atoms in total. The normalized spacial score (nSPS) is 12.4. The quantitative estimate of drug-likeness (QED) is 0.589. The summed E-state index contributed by atoms with van der Waals surface area (Å²) in [5, 5.41) is 5.96.